The summed E-state index contributed by atoms with van der Waals surface area (Å²) in [7, 11) is -1.42. The van der Waals surface area contributed by atoms with Crippen LogP contribution in [-0.4, -0.2) is 44.8 Å². The lowest BCUT2D eigenvalue weighted by Crippen LogP contribution is -2.32. The zero-order valence-corrected chi connectivity index (χ0v) is 13.0. The largest absolute Gasteiger partial charge is 0.399 e. The molecule has 0 radical (unpaired) electrons. The highest BCUT2D eigenvalue weighted by molar-refractivity contribution is 7.90. The van der Waals surface area contributed by atoms with Crippen molar-refractivity contribution in [2.24, 2.45) is 0 Å². The maximum atomic E-state index is 12.0. The van der Waals surface area contributed by atoms with Crippen LogP contribution in [0.3, 0.4) is 0 Å². The van der Waals surface area contributed by atoms with E-state index in [-0.39, 0.29) is 24.1 Å². The Kier molecular flexibility index (Phi) is 5.56. The summed E-state index contributed by atoms with van der Waals surface area (Å²) in [6, 6.07) is 7.43. The lowest BCUT2D eigenvalue weighted by atomic mass is 9.97. The van der Waals surface area contributed by atoms with Gasteiger partial charge in [-0.3, -0.25) is 4.79 Å². The molecule has 1 unspecified atom stereocenters. The third-order valence-corrected chi connectivity index (χ3v) is 4.13. The van der Waals surface area contributed by atoms with E-state index >= 15 is 0 Å². The maximum Gasteiger partial charge on any atom is 0.222 e. The molecule has 0 aromatic heterocycles. The summed E-state index contributed by atoms with van der Waals surface area (Å²) in [4.78, 5) is 13.5. The van der Waals surface area contributed by atoms with Crippen molar-refractivity contribution in [2.75, 3.05) is 31.3 Å². The Hall–Kier alpha value is -1.56. The number of hydrogen-bond donors (Lipinski definition) is 1. The van der Waals surface area contributed by atoms with Gasteiger partial charge in [0.15, 0.2) is 0 Å². The Morgan fingerprint density at radius 3 is 2.35 bits per heavy atom. The van der Waals surface area contributed by atoms with Crippen molar-refractivity contribution in [3.8, 4) is 0 Å². The number of amides is 1. The molecule has 1 aromatic carbocycles. The summed E-state index contributed by atoms with van der Waals surface area (Å²) in [5, 5.41) is 0. The van der Waals surface area contributed by atoms with Crippen LogP contribution in [0.5, 0.6) is 0 Å². The molecule has 1 aromatic rings. The molecule has 6 heteroatoms. The summed E-state index contributed by atoms with van der Waals surface area (Å²) < 4.78 is 22.2. The Bertz CT molecular complexity index is 552. The quantitative estimate of drug-likeness (QED) is 0.802. The standard InChI is InChI=1S/C14H22N2O3S/c1-11(12-4-6-13(15)7-5-12)10-14(17)16(2)8-9-20(3,18)19/h4-7,11H,8-10,15H2,1-3H3. The topological polar surface area (TPSA) is 80.5 Å². The van der Waals surface area contributed by atoms with E-state index in [1.54, 1.807) is 7.05 Å². The molecule has 0 aliphatic rings. The zero-order valence-electron chi connectivity index (χ0n) is 12.2. The third kappa shape index (κ3) is 5.61. The number of rotatable bonds is 6. The number of hydrogen-bond acceptors (Lipinski definition) is 4. The molecular formula is C14H22N2O3S. The Labute approximate surface area is 120 Å². The first kappa shape index (κ1) is 16.5. The van der Waals surface area contributed by atoms with Gasteiger partial charge in [-0.2, -0.15) is 0 Å². The summed E-state index contributed by atoms with van der Waals surface area (Å²) in [5.74, 6) is 0.00708. The summed E-state index contributed by atoms with van der Waals surface area (Å²) in [5.41, 5.74) is 7.36. The van der Waals surface area contributed by atoms with Crippen molar-refractivity contribution < 1.29 is 13.2 Å². The highest BCUT2D eigenvalue weighted by Gasteiger charge is 2.16. The van der Waals surface area contributed by atoms with Crippen molar-refractivity contribution in [3.05, 3.63) is 29.8 Å². The van der Waals surface area contributed by atoms with Crippen LogP contribution < -0.4 is 5.73 Å². The SMILES string of the molecule is CC(CC(=O)N(C)CCS(C)(=O)=O)c1ccc(N)cc1. The molecule has 0 spiro atoms. The molecule has 5 nitrogen and oxygen atoms in total. The fraction of sp³-hybridized carbons (Fsp3) is 0.500. The van der Waals surface area contributed by atoms with Crippen LogP contribution in [0.2, 0.25) is 0 Å². The molecule has 1 amide bonds. The van der Waals surface area contributed by atoms with Crippen LogP contribution >= 0.6 is 0 Å². The molecule has 0 aliphatic carbocycles. The lowest BCUT2D eigenvalue weighted by molar-refractivity contribution is -0.129. The minimum Gasteiger partial charge on any atom is -0.399 e. The van der Waals surface area contributed by atoms with Crippen LogP contribution in [0, 0.1) is 0 Å². The van der Waals surface area contributed by atoms with Gasteiger partial charge in [-0.25, -0.2) is 8.42 Å². The van der Waals surface area contributed by atoms with Gasteiger partial charge in [0.25, 0.3) is 0 Å². The van der Waals surface area contributed by atoms with Gasteiger partial charge in [-0.1, -0.05) is 19.1 Å². The first-order valence-corrected chi connectivity index (χ1v) is 8.52. The number of nitrogen functional groups attached to an aromatic ring is 1. The van der Waals surface area contributed by atoms with Crippen molar-refractivity contribution >= 4 is 21.4 Å². The molecule has 0 heterocycles. The molecule has 0 saturated carbocycles. The van der Waals surface area contributed by atoms with E-state index in [1.807, 2.05) is 31.2 Å². The monoisotopic (exact) mass is 298 g/mol. The predicted octanol–water partition coefficient (Wildman–Crippen LogP) is 1.27. The number of nitrogens with two attached hydrogens (primary N) is 1. The van der Waals surface area contributed by atoms with Gasteiger partial charge in [0, 0.05) is 32.0 Å². The van der Waals surface area contributed by atoms with Gasteiger partial charge in [-0.15, -0.1) is 0 Å². The molecule has 0 bridgehead atoms. The number of anilines is 1. The highest BCUT2D eigenvalue weighted by Crippen LogP contribution is 2.20. The van der Waals surface area contributed by atoms with Crippen LogP contribution in [0.4, 0.5) is 5.69 Å². The van der Waals surface area contributed by atoms with Crippen molar-refractivity contribution in [2.45, 2.75) is 19.3 Å². The Morgan fingerprint density at radius 1 is 1.30 bits per heavy atom. The van der Waals surface area contributed by atoms with E-state index in [1.165, 1.54) is 11.2 Å². The maximum absolute atomic E-state index is 12.0. The third-order valence-electron chi connectivity index (χ3n) is 3.21. The van der Waals surface area contributed by atoms with Gasteiger partial charge in [-0.05, 0) is 23.6 Å². The molecule has 0 saturated heterocycles. The molecule has 0 fully saturated rings. The minimum absolute atomic E-state index is 0.00844. The second-order valence-electron chi connectivity index (χ2n) is 5.22. The highest BCUT2D eigenvalue weighted by atomic mass is 32.2. The van der Waals surface area contributed by atoms with Crippen molar-refractivity contribution in [3.63, 3.8) is 0 Å². The van der Waals surface area contributed by atoms with E-state index in [2.05, 4.69) is 0 Å². The van der Waals surface area contributed by atoms with E-state index in [9.17, 15) is 13.2 Å². The van der Waals surface area contributed by atoms with E-state index in [0.717, 1.165) is 5.56 Å². The Balaban J connectivity index is 2.54. The van der Waals surface area contributed by atoms with Gasteiger partial charge < -0.3 is 10.6 Å². The van der Waals surface area contributed by atoms with Gasteiger partial charge >= 0.3 is 0 Å². The molecule has 112 valence electrons. The Morgan fingerprint density at radius 2 is 1.85 bits per heavy atom. The molecular weight excluding hydrogens is 276 g/mol. The number of carbonyl (C=O) groups excluding carboxylic acids is 1. The zero-order chi connectivity index (χ0) is 15.3. The van der Waals surface area contributed by atoms with Crippen LogP contribution in [0.1, 0.15) is 24.8 Å². The normalized spacial score (nSPS) is 12.9. The van der Waals surface area contributed by atoms with Gasteiger partial charge in [0.05, 0.1) is 5.75 Å². The predicted molar refractivity (Wildman–Crippen MR) is 81.2 cm³/mol. The number of carbonyl (C=O) groups is 1. The first-order chi connectivity index (χ1) is 9.19. The molecule has 0 aliphatic heterocycles. The average molecular weight is 298 g/mol. The second-order valence-corrected chi connectivity index (χ2v) is 7.48. The summed E-state index contributed by atoms with van der Waals surface area (Å²) >= 11 is 0. The van der Waals surface area contributed by atoms with E-state index in [4.69, 9.17) is 5.73 Å². The number of sulfone groups is 1. The van der Waals surface area contributed by atoms with Gasteiger partial charge in [0.1, 0.15) is 9.84 Å². The van der Waals surface area contributed by atoms with Crippen molar-refractivity contribution in [1.82, 2.24) is 4.90 Å². The summed E-state index contributed by atoms with van der Waals surface area (Å²) in [6.45, 7) is 2.19. The lowest BCUT2D eigenvalue weighted by Gasteiger charge is -2.19. The van der Waals surface area contributed by atoms with Crippen molar-refractivity contribution in [1.29, 1.82) is 0 Å². The smallest absolute Gasteiger partial charge is 0.222 e. The number of benzene rings is 1. The fourth-order valence-corrected chi connectivity index (χ4v) is 2.39. The van der Waals surface area contributed by atoms with E-state index in [0.29, 0.717) is 12.1 Å². The van der Waals surface area contributed by atoms with Crippen LogP contribution in [0.15, 0.2) is 24.3 Å². The van der Waals surface area contributed by atoms with Crippen LogP contribution in [-0.2, 0) is 14.6 Å². The first-order valence-electron chi connectivity index (χ1n) is 6.46. The summed E-state index contributed by atoms with van der Waals surface area (Å²) in [6.07, 6.45) is 1.52. The molecule has 2 N–H and O–H groups in total. The second kappa shape index (κ2) is 6.74. The fourth-order valence-electron chi connectivity index (χ4n) is 1.79. The van der Waals surface area contributed by atoms with E-state index < -0.39 is 9.84 Å². The molecule has 1 atom stereocenters. The van der Waals surface area contributed by atoms with Crippen LogP contribution in [0.25, 0.3) is 0 Å². The molecule has 1 rings (SSSR count). The minimum atomic E-state index is -3.05. The average Bonchev–Trinajstić information content (AvgIpc) is 2.35. The van der Waals surface area contributed by atoms with Gasteiger partial charge in [0.2, 0.25) is 5.91 Å². The molecule has 20 heavy (non-hydrogen) atoms. The number of nitrogens with zero attached hydrogens (tertiary/aromatic N) is 1.